The molecule has 4 nitrogen and oxygen atoms in total. The van der Waals surface area contributed by atoms with Gasteiger partial charge >= 0.3 is 0 Å². The molecule has 0 aromatic heterocycles. The molecule has 0 bridgehead atoms. The number of nitrogens with two attached hydrogens (primary N) is 1. The van der Waals surface area contributed by atoms with Crippen molar-refractivity contribution in [3.8, 4) is 11.5 Å². The zero-order valence-electron chi connectivity index (χ0n) is 12.1. The van der Waals surface area contributed by atoms with Crippen LogP contribution in [0, 0.1) is 0 Å². The van der Waals surface area contributed by atoms with Crippen molar-refractivity contribution in [3.05, 3.63) is 59.1 Å². The molecule has 0 radical (unpaired) electrons. The van der Waals surface area contributed by atoms with Gasteiger partial charge in [0.25, 0.3) is 0 Å². The van der Waals surface area contributed by atoms with E-state index in [2.05, 4.69) is 0 Å². The van der Waals surface area contributed by atoms with Crippen LogP contribution in [0.4, 0.5) is 0 Å². The third kappa shape index (κ3) is 5.30. The summed E-state index contributed by atoms with van der Waals surface area (Å²) in [6.45, 7) is 1.04. The standard InChI is InChI=1S/C17H18ClNO3/c18-14-6-8-15(9-7-14)21-10-3-11-22-16-5-2-1-4-13(16)12-17(19)20/h1-2,4-9H,3,10-12H2,(H2,19,20). The Balaban J connectivity index is 1.74. The van der Waals surface area contributed by atoms with Crippen LogP contribution in [-0.2, 0) is 11.2 Å². The van der Waals surface area contributed by atoms with Crippen molar-refractivity contribution in [3.63, 3.8) is 0 Å². The third-order valence-corrected chi connectivity index (χ3v) is 3.22. The van der Waals surface area contributed by atoms with E-state index in [0.29, 0.717) is 24.0 Å². The highest BCUT2D eigenvalue weighted by Gasteiger charge is 2.05. The molecule has 2 aromatic rings. The van der Waals surface area contributed by atoms with E-state index < -0.39 is 0 Å². The van der Waals surface area contributed by atoms with E-state index in [1.807, 2.05) is 36.4 Å². The second-order valence-corrected chi connectivity index (χ2v) is 5.19. The Labute approximate surface area is 134 Å². The summed E-state index contributed by atoms with van der Waals surface area (Å²) in [6, 6.07) is 14.6. The van der Waals surface area contributed by atoms with Crippen molar-refractivity contribution in [2.24, 2.45) is 5.73 Å². The molecule has 116 valence electrons. The maximum absolute atomic E-state index is 11.0. The summed E-state index contributed by atoms with van der Waals surface area (Å²) in [5, 5.41) is 0.682. The lowest BCUT2D eigenvalue weighted by molar-refractivity contribution is -0.117. The van der Waals surface area contributed by atoms with Gasteiger partial charge in [0.05, 0.1) is 19.6 Å². The summed E-state index contributed by atoms with van der Waals surface area (Å²) < 4.78 is 11.3. The van der Waals surface area contributed by atoms with Gasteiger partial charge in [-0.25, -0.2) is 0 Å². The smallest absolute Gasteiger partial charge is 0.221 e. The van der Waals surface area contributed by atoms with E-state index in [0.717, 1.165) is 17.7 Å². The maximum atomic E-state index is 11.0. The van der Waals surface area contributed by atoms with E-state index in [4.69, 9.17) is 26.8 Å². The highest BCUT2D eigenvalue weighted by molar-refractivity contribution is 6.30. The van der Waals surface area contributed by atoms with Crippen molar-refractivity contribution in [2.75, 3.05) is 13.2 Å². The molecule has 22 heavy (non-hydrogen) atoms. The van der Waals surface area contributed by atoms with Gasteiger partial charge in [-0.3, -0.25) is 4.79 Å². The lowest BCUT2D eigenvalue weighted by Gasteiger charge is -2.11. The predicted molar refractivity (Wildman–Crippen MR) is 86.4 cm³/mol. The average Bonchev–Trinajstić information content (AvgIpc) is 2.50. The number of amides is 1. The first-order chi connectivity index (χ1) is 10.6. The second-order valence-electron chi connectivity index (χ2n) is 4.76. The summed E-state index contributed by atoms with van der Waals surface area (Å²) in [7, 11) is 0. The van der Waals surface area contributed by atoms with E-state index in [-0.39, 0.29) is 12.3 Å². The van der Waals surface area contributed by atoms with Gasteiger partial charge in [0.1, 0.15) is 11.5 Å². The molecule has 0 unspecified atom stereocenters. The second kappa shape index (κ2) is 8.29. The topological polar surface area (TPSA) is 61.6 Å². The van der Waals surface area contributed by atoms with Crippen LogP contribution < -0.4 is 15.2 Å². The van der Waals surface area contributed by atoms with E-state index >= 15 is 0 Å². The normalized spacial score (nSPS) is 10.2. The highest BCUT2D eigenvalue weighted by Crippen LogP contribution is 2.19. The molecule has 0 aliphatic carbocycles. The van der Waals surface area contributed by atoms with Crippen LogP contribution in [0.15, 0.2) is 48.5 Å². The number of halogens is 1. The van der Waals surface area contributed by atoms with Gasteiger partial charge in [-0.2, -0.15) is 0 Å². The number of para-hydroxylation sites is 1. The molecule has 2 N–H and O–H groups in total. The number of ether oxygens (including phenoxy) is 2. The fourth-order valence-corrected chi connectivity index (χ4v) is 2.07. The van der Waals surface area contributed by atoms with Crippen LogP contribution in [0.1, 0.15) is 12.0 Å². The van der Waals surface area contributed by atoms with E-state index in [1.165, 1.54) is 0 Å². The number of hydrogen-bond acceptors (Lipinski definition) is 3. The minimum atomic E-state index is -0.373. The first-order valence-corrected chi connectivity index (χ1v) is 7.40. The molecule has 0 saturated heterocycles. The Morgan fingerprint density at radius 1 is 1.00 bits per heavy atom. The largest absolute Gasteiger partial charge is 0.493 e. The quantitative estimate of drug-likeness (QED) is 0.760. The fraction of sp³-hybridized carbons (Fsp3) is 0.235. The predicted octanol–water partition coefficient (Wildman–Crippen LogP) is 3.22. The van der Waals surface area contributed by atoms with Gasteiger partial charge in [0, 0.05) is 17.0 Å². The van der Waals surface area contributed by atoms with Crippen molar-refractivity contribution in [1.29, 1.82) is 0 Å². The molecule has 1 amide bonds. The summed E-state index contributed by atoms with van der Waals surface area (Å²) in [5.41, 5.74) is 6.02. The van der Waals surface area contributed by atoms with Crippen LogP contribution in [0.2, 0.25) is 5.02 Å². The first-order valence-electron chi connectivity index (χ1n) is 7.02. The van der Waals surface area contributed by atoms with Gasteiger partial charge in [-0.15, -0.1) is 0 Å². The molecule has 0 spiro atoms. The summed E-state index contributed by atoms with van der Waals surface area (Å²) in [5.74, 6) is 1.09. The average molecular weight is 320 g/mol. The zero-order chi connectivity index (χ0) is 15.8. The molecule has 0 aliphatic heterocycles. The molecular weight excluding hydrogens is 302 g/mol. The molecule has 2 aromatic carbocycles. The monoisotopic (exact) mass is 319 g/mol. The maximum Gasteiger partial charge on any atom is 0.221 e. The molecule has 2 rings (SSSR count). The molecule has 0 saturated carbocycles. The minimum absolute atomic E-state index is 0.178. The van der Waals surface area contributed by atoms with Crippen LogP contribution in [-0.4, -0.2) is 19.1 Å². The van der Waals surface area contributed by atoms with E-state index in [1.54, 1.807) is 12.1 Å². The molecule has 5 heteroatoms. The van der Waals surface area contributed by atoms with Crippen LogP contribution in [0.25, 0.3) is 0 Å². The number of carbonyl (C=O) groups is 1. The Kier molecular flexibility index (Phi) is 6.10. The number of hydrogen-bond donors (Lipinski definition) is 1. The Morgan fingerprint density at radius 3 is 2.41 bits per heavy atom. The number of benzene rings is 2. The van der Waals surface area contributed by atoms with Gasteiger partial charge in [-0.1, -0.05) is 29.8 Å². The van der Waals surface area contributed by atoms with E-state index in [9.17, 15) is 4.79 Å². The Bertz CT molecular complexity index is 614. The van der Waals surface area contributed by atoms with Crippen LogP contribution >= 0.6 is 11.6 Å². The zero-order valence-corrected chi connectivity index (χ0v) is 12.9. The number of carbonyl (C=O) groups excluding carboxylic acids is 1. The van der Waals surface area contributed by atoms with Gasteiger partial charge in [0.15, 0.2) is 0 Å². The van der Waals surface area contributed by atoms with Gasteiger partial charge < -0.3 is 15.2 Å². The van der Waals surface area contributed by atoms with Crippen LogP contribution in [0.5, 0.6) is 11.5 Å². The van der Waals surface area contributed by atoms with Crippen molar-refractivity contribution in [2.45, 2.75) is 12.8 Å². The fourth-order valence-electron chi connectivity index (χ4n) is 1.94. The van der Waals surface area contributed by atoms with Crippen molar-refractivity contribution < 1.29 is 14.3 Å². The van der Waals surface area contributed by atoms with Gasteiger partial charge in [-0.05, 0) is 30.3 Å². The summed E-state index contributed by atoms with van der Waals surface area (Å²) in [6.07, 6.45) is 0.908. The third-order valence-electron chi connectivity index (χ3n) is 2.97. The molecule has 0 atom stereocenters. The highest BCUT2D eigenvalue weighted by atomic mass is 35.5. The minimum Gasteiger partial charge on any atom is -0.493 e. The first kappa shape index (κ1) is 16.2. The van der Waals surface area contributed by atoms with Crippen LogP contribution in [0.3, 0.4) is 0 Å². The SMILES string of the molecule is NC(=O)Cc1ccccc1OCCCOc1ccc(Cl)cc1. The lowest BCUT2D eigenvalue weighted by Crippen LogP contribution is -2.14. The van der Waals surface area contributed by atoms with Crippen molar-refractivity contribution >= 4 is 17.5 Å². The lowest BCUT2D eigenvalue weighted by atomic mass is 10.1. The summed E-state index contributed by atoms with van der Waals surface area (Å²) in [4.78, 5) is 11.0. The summed E-state index contributed by atoms with van der Waals surface area (Å²) >= 11 is 5.81. The number of primary amides is 1. The van der Waals surface area contributed by atoms with Gasteiger partial charge in [0.2, 0.25) is 5.91 Å². The molecule has 0 heterocycles. The molecule has 0 aliphatic rings. The number of rotatable bonds is 8. The Hall–Kier alpha value is -2.20. The van der Waals surface area contributed by atoms with Crippen molar-refractivity contribution in [1.82, 2.24) is 0 Å². The Morgan fingerprint density at radius 2 is 1.68 bits per heavy atom. The molecule has 0 fully saturated rings. The molecular formula is C17H18ClNO3.